The Labute approximate surface area is 249 Å². The molecule has 13 heteroatoms. The van der Waals surface area contributed by atoms with Crippen molar-refractivity contribution in [3.05, 3.63) is 29.8 Å². The molecule has 238 valence electrons. The molecule has 1 aromatic rings. The molecule has 1 unspecified atom stereocenters. The molecule has 0 aromatic heterocycles. The molecule has 2 fully saturated rings. The van der Waals surface area contributed by atoms with Gasteiger partial charge in [0.05, 0.1) is 6.04 Å². The van der Waals surface area contributed by atoms with Gasteiger partial charge < -0.3 is 26.0 Å². The fraction of sp³-hybridized carbons (Fsp3) is 0.633. The predicted octanol–water partition coefficient (Wildman–Crippen LogP) is 3.25. The maximum absolute atomic E-state index is 13.6. The molecular weight excluding hydrogens is 569 g/mol. The number of ketones is 1. The molecule has 10 nitrogen and oxygen atoms in total. The van der Waals surface area contributed by atoms with Crippen molar-refractivity contribution in [1.82, 2.24) is 21.3 Å². The zero-order valence-electron chi connectivity index (χ0n) is 24.9. The topological polar surface area (TPSA) is 143 Å². The molecular formula is C30H41F3N4O6. The first kappa shape index (κ1) is 33.9. The zero-order chi connectivity index (χ0) is 31.9. The van der Waals surface area contributed by atoms with Gasteiger partial charge in [0.1, 0.15) is 11.8 Å². The van der Waals surface area contributed by atoms with E-state index in [1.165, 1.54) is 18.2 Å². The van der Waals surface area contributed by atoms with Gasteiger partial charge in [0, 0.05) is 24.9 Å². The summed E-state index contributed by atoms with van der Waals surface area (Å²) in [6, 6.07) is 3.10. The lowest BCUT2D eigenvalue weighted by molar-refractivity contribution is -0.275. The van der Waals surface area contributed by atoms with Gasteiger partial charge in [-0.15, -0.1) is 13.2 Å². The van der Waals surface area contributed by atoms with Gasteiger partial charge in [0.15, 0.2) is 0 Å². The molecule has 0 bridgehead atoms. The fourth-order valence-corrected chi connectivity index (χ4v) is 5.11. The van der Waals surface area contributed by atoms with Crippen LogP contribution < -0.4 is 26.0 Å². The SMILES string of the molecule is CC[C@H](CC(=O)N[C@@H](CC(C)(C)C)C(=O)NC(C[C@@H]1CCNC1=O)C(=O)C(=O)NC1CC1)c1ccccc1OC(F)(F)F. The number of carbonyl (C=O) groups is 5. The minimum absolute atomic E-state index is 0.0709. The quantitative estimate of drug-likeness (QED) is 0.238. The Morgan fingerprint density at radius 1 is 1.02 bits per heavy atom. The maximum Gasteiger partial charge on any atom is 0.573 e. The van der Waals surface area contributed by atoms with Crippen LogP contribution in [0.5, 0.6) is 5.75 Å². The molecule has 4 amide bonds. The van der Waals surface area contributed by atoms with E-state index in [-0.39, 0.29) is 36.8 Å². The number of hydrogen-bond donors (Lipinski definition) is 4. The van der Waals surface area contributed by atoms with Gasteiger partial charge in [-0.25, -0.2) is 0 Å². The highest BCUT2D eigenvalue weighted by atomic mass is 19.4. The summed E-state index contributed by atoms with van der Waals surface area (Å²) in [5.74, 6) is -4.87. The van der Waals surface area contributed by atoms with Gasteiger partial charge in [0.2, 0.25) is 23.5 Å². The number of rotatable bonds is 14. The number of Topliss-reactive ketones (excluding diaryl/α,β-unsaturated/α-hetero) is 1. The molecule has 0 radical (unpaired) electrons. The Hall–Kier alpha value is -3.64. The normalized spacial score (nSPS) is 19.0. The lowest BCUT2D eigenvalue weighted by atomic mass is 9.87. The average Bonchev–Trinajstić information content (AvgIpc) is 3.63. The standard InChI is InChI=1S/C30H41F3N4O6/c1-5-17(20-8-6-7-9-23(20)43-30(31,32)33)15-24(38)36-22(16-29(2,3)4)27(41)37-21(14-18-12-13-34-26(18)40)25(39)28(42)35-19-10-11-19/h6-9,17-19,21-22H,5,10-16H2,1-4H3,(H,34,40)(H,35,42)(H,36,38)(H,37,41)/t17-,18+,21?,22+/m1/s1. The average molecular weight is 611 g/mol. The number of ether oxygens (including phenoxy) is 1. The molecule has 1 aromatic carbocycles. The van der Waals surface area contributed by atoms with Crippen LogP contribution in [0.1, 0.15) is 84.1 Å². The summed E-state index contributed by atoms with van der Waals surface area (Å²) < 4.78 is 43.1. The number of halogens is 3. The first-order valence-corrected chi connectivity index (χ1v) is 14.6. The van der Waals surface area contributed by atoms with Crippen LogP contribution in [0.4, 0.5) is 13.2 Å². The van der Waals surface area contributed by atoms with Gasteiger partial charge in [-0.3, -0.25) is 24.0 Å². The van der Waals surface area contributed by atoms with Crippen molar-refractivity contribution < 1.29 is 41.9 Å². The van der Waals surface area contributed by atoms with Crippen molar-refractivity contribution in [3.63, 3.8) is 0 Å². The molecule has 1 saturated heterocycles. The minimum Gasteiger partial charge on any atom is -0.405 e. The van der Waals surface area contributed by atoms with Crippen molar-refractivity contribution in [3.8, 4) is 5.75 Å². The van der Waals surface area contributed by atoms with Crippen LogP contribution in [-0.2, 0) is 24.0 Å². The van der Waals surface area contributed by atoms with Crippen molar-refractivity contribution in [2.24, 2.45) is 11.3 Å². The molecule has 43 heavy (non-hydrogen) atoms. The van der Waals surface area contributed by atoms with Crippen LogP contribution in [0.15, 0.2) is 24.3 Å². The van der Waals surface area contributed by atoms with E-state index in [9.17, 15) is 37.1 Å². The third-order valence-electron chi connectivity index (χ3n) is 7.43. The van der Waals surface area contributed by atoms with Crippen LogP contribution in [0.2, 0.25) is 0 Å². The van der Waals surface area contributed by atoms with Crippen molar-refractivity contribution >= 4 is 29.4 Å². The van der Waals surface area contributed by atoms with E-state index >= 15 is 0 Å². The van der Waals surface area contributed by atoms with E-state index in [4.69, 9.17) is 0 Å². The number of alkyl halides is 3. The van der Waals surface area contributed by atoms with Gasteiger partial charge in [-0.1, -0.05) is 45.9 Å². The number of carbonyl (C=O) groups excluding carboxylic acids is 5. The number of para-hydroxylation sites is 1. The molecule has 4 atom stereocenters. The summed E-state index contributed by atoms with van der Waals surface area (Å²) in [7, 11) is 0. The highest BCUT2D eigenvalue weighted by Crippen LogP contribution is 2.34. The molecule has 1 aliphatic heterocycles. The van der Waals surface area contributed by atoms with Gasteiger partial charge in [0.25, 0.3) is 5.91 Å². The minimum atomic E-state index is -4.91. The van der Waals surface area contributed by atoms with Crippen molar-refractivity contribution in [2.45, 2.75) is 103 Å². The monoisotopic (exact) mass is 610 g/mol. The highest BCUT2D eigenvalue weighted by Gasteiger charge is 2.38. The molecule has 1 aliphatic carbocycles. The van der Waals surface area contributed by atoms with E-state index in [0.29, 0.717) is 19.4 Å². The van der Waals surface area contributed by atoms with Crippen molar-refractivity contribution in [1.29, 1.82) is 0 Å². The van der Waals surface area contributed by atoms with Gasteiger partial charge in [-0.2, -0.15) is 0 Å². The molecule has 1 heterocycles. The predicted molar refractivity (Wildman–Crippen MR) is 151 cm³/mol. The van der Waals surface area contributed by atoms with E-state index in [1.807, 2.05) is 20.8 Å². The Morgan fingerprint density at radius 2 is 1.70 bits per heavy atom. The smallest absolute Gasteiger partial charge is 0.405 e. The summed E-state index contributed by atoms with van der Waals surface area (Å²) in [4.78, 5) is 64.7. The largest absolute Gasteiger partial charge is 0.573 e. The Balaban J connectivity index is 1.76. The van der Waals surface area contributed by atoms with Crippen LogP contribution >= 0.6 is 0 Å². The highest BCUT2D eigenvalue weighted by molar-refractivity contribution is 6.38. The number of nitrogens with one attached hydrogen (secondary N) is 4. The summed E-state index contributed by atoms with van der Waals surface area (Å²) >= 11 is 0. The number of hydrogen-bond acceptors (Lipinski definition) is 6. The second-order valence-electron chi connectivity index (χ2n) is 12.5. The Morgan fingerprint density at radius 3 is 2.26 bits per heavy atom. The van der Waals surface area contributed by atoms with Gasteiger partial charge >= 0.3 is 6.36 Å². The molecule has 1 saturated carbocycles. The second kappa shape index (κ2) is 14.2. The Kier molecular flexibility index (Phi) is 11.2. The first-order chi connectivity index (χ1) is 20.1. The lowest BCUT2D eigenvalue weighted by Gasteiger charge is -2.29. The van der Waals surface area contributed by atoms with E-state index < -0.39 is 65.0 Å². The van der Waals surface area contributed by atoms with Crippen LogP contribution in [0.3, 0.4) is 0 Å². The van der Waals surface area contributed by atoms with E-state index in [1.54, 1.807) is 13.0 Å². The molecule has 3 rings (SSSR count). The molecule has 2 aliphatic rings. The van der Waals surface area contributed by atoms with E-state index in [2.05, 4.69) is 26.0 Å². The summed E-state index contributed by atoms with van der Waals surface area (Å²) in [5, 5.41) is 10.6. The van der Waals surface area contributed by atoms with Crippen molar-refractivity contribution in [2.75, 3.05) is 6.54 Å². The maximum atomic E-state index is 13.6. The van der Waals surface area contributed by atoms with E-state index in [0.717, 1.165) is 12.8 Å². The summed E-state index contributed by atoms with van der Waals surface area (Å²) in [6.07, 6.45) is -2.77. The lowest BCUT2D eigenvalue weighted by Crippen LogP contribution is -2.55. The summed E-state index contributed by atoms with van der Waals surface area (Å²) in [5.41, 5.74) is -0.252. The van der Waals surface area contributed by atoms with Gasteiger partial charge in [-0.05, 0) is 61.5 Å². The zero-order valence-corrected chi connectivity index (χ0v) is 24.9. The third-order valence-corrected chi connectivity index (χ3v) is 7.43. The van der Waals surface area contributed by atoms with Crippen LogP contribution in [-0.4, -0.2) is 60.4 Å². The number of amides is 4. The fourth-order valence-electron chi connectivity index (χ4n) is 5.11. The molecule has 4 N–H and O–H groups in total. The molecule has 0 spiro atoms. The van der Waals surface area contributed by atoms with Crippen LogP contribution in [0.25, 0.3) is 0 Å². The Bertz CT molecular complexity index is 1200. The number of benzene rings is 1. The third kappa shape index (κ3) is 10.9. The summed E-state index contributed by atoms with van der Waals surface area (Å²) in [6.45, 7) is 7.71. The second-order valence-corrected chi connectivity index (χ2v) is 12.5. The van der Waals surface area contributed by atoms with Crippen LogP contribution in [0, 0.1) is 11.3 Å². The first-order valence-electron chi connectivity index (χ1n) is 14.6.